The zero-order chi connectivity index (χ0) is 12.4. The van der Waals surface area contributed by atoms with Crippen LogP contribution in [0.4, 0.5) is 4.79 Å². The Kier molecular flexibility index (Phi) is 3.66. The van der Waals surface area contributed by atoms with Gasteiger partial charge in [-0.05, 0) is 18.3 Å². The SMILES string of the molecule is C[C@H]1[C@H](C)CCO[C@H]1CC(=O)N1CCOC1=O. The Morgan fingerprint density at radius 1 is 1.41 bits per heavy atom. The molecule has 0 aromatic rings. The summed E-state index contributed by atoms with van der Waals surface area (Å²) >= 11 is 0. The maximum absolute atomic E-state index is 11.9. The first-order chi connectivity index (χ1) is 8.09. The molecule has 2 rings (SSSR count). The molecule has 0 spiro atoms. The van der Waals surface area contributed by atoms with Gasteiger partial charge in [-0.1, -0.05) is 13.8 Å². The number of hydrogen-bond acceptors (Lipinski definition) is 4. The van der Waals surface area contributed by atoms with Gasteiger partial charge in [0.25, 0.3) is 0 Å². The molecule has 2 amide bonds. The lowest BCUT2D eigenvalue weighted by Gasteiger charge is -2.34. The van der Waals surface area contributed by atoms with Crippen LogP contribution in [0.1, 0.15) is 26.7 Å². The summed E-state index contributed by atoms with van der Waals surface area (Å²) in [5.74, 6) is 0.733. The number of ether oxygens (including phenoxy) is 2. The quantitative estimate of drug-likeness (QED) is 0.733. The minimum Gasteiger partial charge on any atom is -0.447 e. The third kappa shape index (κ3) is 2.60. The van der Waals surface area contributed by atoms with E-state index in [4.69, 9.17) is 9.47 Å². The third-order valence-corrected chi connectivity index (χ3v) is 3.83. The summed E-state index contributed by atoms with van der Waals surface area (Å²) in [6.07, 6.45) is 0.726. The van der Waals surface area contributed by atoms with Gasteiger partial charge in [0.1, 0.15) is 6.61 Å². The fourth-order valence-corrected chi connectivity index (χ4v) is 2.33. The molecule has 0 N–H and O–H groups in total. The summed E-state index contributed by atoms with van der Waals surface area (Å²) in [6.45, 7) is 5.66. The molecule has 0 saturated carbocycles. The van der Waals surface area contributed by atoms with E-state index in [9.17, 15) is 9.59 Å². The first-order valence-corrected chi connectivity index (χ1v) is 6.18. The maximum atomic E-state index is 11.9. The molecule has 0 aliphatic carbocycles. The van der Waals surface area contributed by atoms with E-state index in [1.807, 2.05) is 0 Å². The van der Waals surface area contributed by atoms with Crippen LogP contribution < -0.4 is 0 Å². The van der Waals surface area contributed by atoms with Gasteiger partial charge in [0, 0.05) is 6.61 Å². The Balaban J connectivity index is 1.91. The molecule has 0 aromatic carbocycles. The van der Waals surface area contributed by atoms with Crippen molar-refractivity contribution in [2.24, 2.45) is 11.8 Å². The Morgan fingerprint density at radius 2 is 2.18 bits per heavy atom. The van der Waals surface area contributed by atoms with Gasteiger partial charge in [-0.2, -0.15) is 0 Å². The van der Waals surface area contributed by atoms with Gasteiger partial charge < -0.3 is 9.47 Å². The van der Waals surface area contributed by atoms with Gasteiger partial charge in [-0.3, -0.25) is 4.79 Å². The summed E-state index contributed by atoms with van der Waals surface area (Å²) in [5, 5.41) is 0. The highest BCUT2D eigenvalue weighted by Crippen LogP contribution is 2.28. The number of cyclic esters (lactones) is 1. The van der Waals surface area contributed by atoms with Crippen LogP contribution >= 0.6 is 0 Å². The lowest BCUT2D eigenvalue weighted by molar-refractivity contribution is -0.134. The van der Waals surface area contributed by atoms with E-state index >= 15 is 0 Å². The zero-order valence-corrected chi connectivity index (χ0v) is 10.3. The Morgan fingerprint density at radius 3 is 2.82 bits per heavy atom. The summed E-state index contributed by atoms with van der Waals surface area (Å²) < 4.78 is 10.4. The molecule has 0 aromatic heterocycles. The molecule has 2 saturated heterocycles. The highest BCUT2D eigenvalue weighted by Gasteiger charge is 2.34. The average Bonchev–Trinajstić information content (AvgIpc) is 2.71. The number of carbonyl (C=O) groups is 2. The van der Waals surface area contributed by atoms with Crippen molar-refractivity contribution in [3.8, 4) is 0 Å². The van der Waals surface area contributed by atoms with Crippen LogP contribution in [0.3, 0.4) is 0 Å². The molecule has 2 aliphatic heterocycles. The second-order valence-electron chi connectivity index (χ2n) is 4.90. The van der Waals surface area contributed by atoms with Crippen LogP contribution in [0.15, 0.2) is 0 Å². The Labute approximate surface area is 101 Å². The molecule has 2 aliphatic rings. The molecular weight excluding hydrogens is 222 g/mol. The van der Waals surface area contributed by atoms with Gasteiger partial charge in [0.15, 0.2) is 0 Å². The van der Waals surface area contributed by atoms with Crippen molar-refractivity contribution >= 4 is 12.0 Å². The third-order valence-electron chi connectivity index (χ3n) is 3.83. The smallest absolute Gasteiger partial charge is 0.416 e. The van der Waals surface area contributed by atoms with Crippen molar-refractivity contribution in [1.82, 2.24) is 4.90 Å². The Hall–Kier alpha value is -1.10. The summed E-state index contributed by atoms with van der Waals surface area (Å²) in [6, 6.07) is 0. The lowest BCUT2D eigenvalue weighted by Crippen LogP contribution is -2.40. The number of nitrogens with zero attached hydrogens (tertiary/aromatic N) is 1. The van der Waals surface area contributed by atoms with Crippen molar-refractivity contribution in [3.05, 3.63) is 0 Å². The number of imide groups is 1. The van der Waals surface area contributed by atoms with Crippen molar-refractivity contribution in [1.29, 1.82) is 0 Å². The van der Waals surface area contributed by atoms with Crippen LogP contribution in [-0.2, 0) is 14.3 Å². The topological polar surface area (TPSA) is 55.8 Å². The van der Waals surface area contributed by atoms with Crippen molar-refractivity contribution in [3.63, 3.8) is 0 Å². The lowest BCUT2D eigenvalue weighted by atomic mass is 9.85. The average molecular weight is 241 g/mol. The molecule has 0 bridgehead atoms. The Bertz CT molecular complexity index is 318. The van der Waals surface area contributed by atoms with Gasteiger partial charge in [0.05, 0.1) is 19.1 Å². The molecule has 96 valence electrons. The highest BCUT2D eigenvalue weighted by molar-refractivity contribution is 5.93. The molecule has 3 atom stereocenters. The van der Waals surface area contributed by atoms with Crippen molar-refractivity contribution in [2.75, 3.05) is 19.8 Å². The molecule has 5 heteroatoms. The van der Waals surface area contributed by atoms with Gasteiger partial charge in [-0.15, -0.1) is 0 Å². The highest BCUT2D eigenvalue weighted by atomic mass is 16.6. The van der Waals surface area contributed by atoms with Crippen molar-refractivity contribution < 1.29 is 19.1 Å². The fourth-order valence-electron chi connectivity index (χ4n) is 2.33. The molecule has 2 fully saturated rings. The van der Waals surface area contributed by atoms with Gasteiger partial charge in [0.2, 0.25) is 5.91 Å². The molecule has 17 heavy (non-hydrogen) atoms. The first-order valence-electron chi connectivity index (χ1n) is 6.18. The predicted octanol–water partition coefficient (Wildman–Crippen LogP) is 1.42. The summed E-state index contributed by atoms with van der Waals surface area (Å²) in [4.78, 5) is 24.3. The first kappa shape index (κ1) is 12.4. The zero-order valence-electron chi connectivity index (χ0n) is 10.3. The maximum Gasteiger partial charge on any atom is 0.416 e. The van der Waals surface area contributed by atoms with E-state index < -0.39 is 6.09 Å². The van der Waals surface area contributed by atoms with Crippen LogP contribution in [-0.4, -0.2) is 42.8 Å². The standard InChI is InChI=1S/C12H19NO4/c1-8-3-5-16-10(9(8)2)7-11(14)13-4-6-17-12(13)15/h8-10H,3-7H2,1-2H3/t8-,9+,10+/m1/s1. The molecule has 2 heterocycles. The van der Waals surface area contributed by atoms with E-state index in [0.29, 0.717) is 31.6 Å². The molecular formula is C12H19NO4. The van der Waals surface area contributed by atoms with Crippen molar-refractivity contribution in [2.45, 2.75) is 32.8 Å². The fraction of sp³-hybridized carbons (Fsp3) is 0.833. The van der Waals surface area contributed by atoms with E-state index in [-0.39, 0.29) is 18.4 Å². The summed E-state index contributed by atoms with van der Waals surface area (Å²) in [7, 11) is 0. The van der Waals surface area contributed by atoms with Crippen LogP contribution in [0.5, 0.6) is 0 Å². The van der Waals surface area contributed by atoms with Crippen LogP contribution in [0, 0.1) is 11.8 Å². The van der Waals surface area contributed by atoms with E-state index in [2.05, 4.69) is 13.8 Å². The van der Waals surface area contributed by atoms with E-state index in [1.165, 1.54) is 4.90 Å². The predicted molar refractivity (Wildman–Crippen MR) is 60.4 cm³/mol. The number of amides is 2. The normalized spacial score (nSPS) is 33.6. The van der Waals surface area contributed by atoms with Crippen LogP contribution in [0.25, 0.3) is 0 Å². The van der Waals surface area contributed by atoms with Crippen LogP contribution in [0.2, 0.25) is 0 Å². The largest absolute Gasteiger partial charge is 0.447 e. The van der Waals surface area contributed by atoms with Gasteiger partial charge >= 0.3 is 6.09 Å². The molecule has 5 nitrogen and oxygen atoms in total. The van der Waals surface area contributed by atoms with E-state index in [1.54, 1.807) is 0 Å². The second kappa shape index (κ2) is 5.04. The second-order valence-corrected chi connectivity index (χ2v) is 4.90. The van der Waals surface area contributed by atoms with Gasteiger partial charge in [-0.25, -0.2) is 9.69 Å². The number of carbonyl (C=O) groups excluding carboxylic acids is 2. The molecule has 0 unspecified atom stereocenters. The number of rotatable bonds is 2. The monoisotopic (exact) mass is 241 g/mol. The minimum atomic E-state index is -0.522. The number of hydrogen-bond donors (Lipinski definition) is 0. The van der Waals surface area contributed by atoms with E-state index in [0.717, 1.165) is 6.42 Å². The summed E-state index contributed by atoms with van der Waals surface area (Å²) in [5.41, 5.74) is 0. The minimum absolute atomic E-state index is 0.0698. The molecule has 0 radical (unpaired) electrons.